The van der Waals surface area contributed by atoms with E-state index in [1.807, 2.05) is 85.7 Å². The SMILES string of the molecule is CCC(C)(C)C(=O)NCCNC(=O)OCCCCCC(=O)OCc1ccccc1.CCC(C)(C)C(=O)OCCOC(=O)CCOCCCC(=O)O.CCC(C)(C)C(=O)OCCOC(=O)c1ccccc1C(=O)OCCCCCC(=O)O.CCCCC(CC)COC(=O)CCCCCOC(=O)NCCOC(=O)C(C)(C)CC. The fourth-order valence-corrected chi connectivity index (χ4v) is 8.50. The van der Waals surface area contributed by atoms with Crippen LogP contribution in [0.15, 0.2) is 54.6 Å². The van der Waals surface area contributed by atoms with Gasteiger partial charge in [-0.25, -0.2) is 19.2 Å². The number of amides is 3. The molecule has 0 radical (unpaired) electrons. The quantitative estimate of drug-likeness (QED) is 0.0233. The monoisotopic (exact) mass is 1580 g/mol. The summed E-state index contributed by atoms with van der Waals surface area (Å²) in [6.45, 7) is 29.4. The first kappa shape index (κ1) is 104. The number of carboxylic acid groups (broad SMARTS) is 2. The lowest BCUT2D eigenvalue weighted by Crippen LogP contribution is -2.41. The number of carbonyl (C=O) groups is 13. The topological polar surface area (TPSA) is 400 Å². The van der Waals surface area contributed by atoms with Crippen LogP contribution >= 0.6 is 0 Å². The normalized spacial score (nSPS) is 11.3. The first-order chi connectivity index (χ1) is 52.6. The second kappa shape index (κ2) is 62.7. The molecule has 2 aromatic carbocycles. The number of hydrogen-bond acceptors (Lipinski definition) is 24. The van der Waals surface area contributed by atoms with E-state index >= 15 is 0 Å². The molecule has 1 unspecified atom stereocenters. The molecule has 0 fully saturated rings. The van der Waals surface area contributed by atoms with Crippen LogP contribution in [0.5, 0.6) is 0 Å². The molecule has 29 nitrogen and oxygen atoms in total. The number of carboxylic acids is 2. The van der Waals surface area contributed by atoms with Crippen molar-refractivity contribution in [3.63, 3.8) is 0 Å². The van der Waals surface area contributed by atoms with E-state index < -0.39 is 63.7 Å². The summed E-state index contributed by atoms with van der Waals surface area (Å²) in [5.74, 6) is -4.43. The average Bonchev–Trinajstić information content (AvgIpc) is 0.868. The van der Waals surface area contributed by atoms with Gasteiger partial charge < -0.3 is 78.3 Å². The van der Waals surface area contributed by atoms with Crippen LogP contribution in [-0.2, 0) is 102 Å². The summed E-state index contributed by atoms with van der Waals surface area (Å²) in [5.41, 5.74) is -0.949. The van der Waals surface area contributed by atoms with Crippen molar-refractivity contribution < 1.29 is 125 Å². The van der Waals surface area contributed by atoms with Gasteiger partial charge >= 0.3 is 71.9 Å². The molecule has 0 aromatic heterocycles. The van der Waals surface area contributed by atoms with Crippen LogP contribution in [-0.4, -0.2) is 180 Å². The minimum Gasteiger partial charge on any atom is -0.481 e. The molecule has 632 valence electrons. The predicted molar refractivity (Wildman–Crippen MR) is 415 cm³/mol. The number of hydrogen-bond donors (Lipinski definition) is 5. The molecular formula is C82H133N3O26. The molecule has 5 N–H and O–H groups in total. The Hall–Kier alpha value is -8.89. The van der Waals surface area contributed by atoms with Gasteiger partial charge in [-0.15, -0.1) is 0 Å². The molecular weight excluding hydrogens is 1440 g/mol. The molecule has 0 aliphatic carbocycles. The van der Waals surface area contributed by atoms with Crippen LogP contribution in [0.2, 0.25) is 0 Å². The van der Waals surface area contributed by atoms with Crippen LogP contribution in [0.3, 0.4) is 0 Å². The molecule has 3 amide bonds. The Morgan fingerprint density at radius 3 is 1.24 bits per heavy atom. The van der Waals surface area contributed by atoms with Crippen LogP contribution < -0.4 is 16.0 Å². The molecule has 0 saturated carbocycles. The molecule has 29 heteroatoms. The van der Waals surface area contributed by atoms with E-state index in [2.05, 4.69) is 29.8 Å². The number of nitrogens with one attached hydrogen (secondary N) is 3. The highest BCUT2D eigenvalue weighted by molar-refractivity contribution is 6.03. The number of esters is 8. The summed E-state index contributed by atoms with van der Waals surface area (Å²) in [6.07, 6.45) is 13.6. The molecule has 0 spiro atoms. The first-order valence-corrected chi connectivity index (χ1v) is 39.2. The second-order valence-electron chi connectivity index (χ2n) is 28.7. The number of benzene rings is 2. The summed E-state index contributed by atoms with van der Waals surface area (Å²) >= 11 is 0. The van der Waals surface area contributed by atoms with Crippen molar-refractivity contribution in [2.45, 2.75) is 251 Å². The van der Waals surface area contributed by atoms with Crippen molar-refractivity contribution in [2.24, 2.45) is 27.6 Å². The molecule has 0 aliphatic heterocycles. The minimum atomic E-state index is -0.871. The van der Waals surface area contributed by atoms with Gasteiger partial charge in [-0.05, 0) is 161 Å². The van der Waals surface area contributed by atoms with E-state index in [0.717, 1.165) is 50.5 Å². The molecule has 1 atom stereocenters. The van der Waals surface area contributed by atoms with Crippen molar-refractivity contribution >= 4 is 77.8 Å². The Balaban J connectivity index is 0. The number of rotatable bonds is 55. The Morgan fingerprint density at radius 1 is 0.360 bits per heavy atom. The molecule has 0 aliphatic rings. The van der Waals surface area contributed by atoms with Gasteiger partial charge in [0.2, 0.25) is 5.91 Å². The highest BCUT2D eigenvalue weighted by Gasteiger charge is 2.30. The van der Waals surface area contributed by atoms with Crippen molar-refractivity contribution in [1.29, 1.82) is 0 Å². The van der Waals surface area contributed by atoms with Gasteiger partial charge in [0.15, 0.2) is 0 Å². The minimum absolute atomic E-state index is 0.0172. The van der Waals surface area contributed by atoms with E-state index in [0.29, 0.717) is 129 Å². The zero-order valence-electron chi connectivity index (χ0n) is 68.8. The summed E-state index contributed by atoms with van der Waals surface area (Å²) in [6, 6.07) is 15.7. The zero-order chi connectivity index (χ0) is 83.9. The van der Waals surface area contributed by atoms with Crippen LogP contribution in [0.25, 0.3) is 0 Å². The number of carbonyl (C=O) groups excluding carboxylic acids is 11. The first-order valence-electron chi connectivity index (χ1n) is 39.2. The third kappa shape index (κ3) is 55.2. The van der Waals surface area contributed by atoms with Crippen molar-refractivity contribution in [2.75, 3.05) is 92.3 Å². The van der Waals surface area contributed by atoms with Gasteiger partial charge in [-0.2, -0.15) is 0 Å². The maximum absolute atomic E-state index is 12.3. The highest BCUT2D eigenvalue weighted by Crippen LogP contribution is 2.24. The number of ether oxygens (including phenoxy) is 11. The Bertz CT molecular complexity index is 3010. The third-order valence-corrected chi connectivity index (χ3v) is 17.8. The van der Waals surface area contributed by atoms with E-state index in [1.165, 1.54) is 18.6 Å². The van der Waals surface area contributed by atoms with Gasteiger partial charge in [-0.3, -0.25) is 43.2 Å². The van der Waals surface area contributed by atoms with Crippen molar-refractivity contribution in [3.8, 4) is 0 Å². The van der Waals surface area contributed by atoms with Gasteiger partial charge in [-0.1, -0.05) is 117 Å². The van der Waals surface area contributed by atoms with Crippen molar-refractivity contribution in [1.82, 2.24) is 16.0 Å². The van der Waals surface area contributed by atoms with Gasteiger partial charge in [0.1, 0.15) is 39.6 Å². The van der Waals surface area contributed by atoms with E-state index in [1.54, 1.807) is 39.8 Å². The average molecular weight is 1580 g/mol. The summed E-state index contributed by atoms with van der Waals surface area (Å²) in [4.78, 5) is 151. The lowest BCUT2D eigenvalue weighted by Gasteiger charge is -2.21. The van der Waals surface area contributed by atoms with Gasteiger partial charge in [0.05, 0.1) is 73.4 Å². The Kier molecular flexibility index (Phi) is 58.9. The fourth-order valence-electron chi connectivity index (χ4n) is 8.50. The number of unbranched alkanes of at least 4 members (excludes halogenated alkanes) is 7. The Morgan fingerprint density at radius 2 is 0.766 bits per heavy atom. The molecule has 0 bridgehead atoms. The van der Waals surface area contributed by atoms with E-state index in [-0.39, 0.29) is 119 Å². The lowest BCUT2D eigenvalue weighted by atomic mass is 9.89. The summed E-state index contributed by atoms with van der Waals surface area (Å²) < 4.78 is 56.3. The lowest BCUT2D eigenvalue weighted by molar-refractivity contribution is -0.159. The maximum atomic E-state index is 12.3. The van der Waals surface area contributed by atoms with E-state index in [4.69, 9.17) is 62.3 Å². The number of alkyl carbamates (subject to hydrolysis) is 2. The fraction of sp³-hybridized carbons (Fsp3) is 0.695. The van der Waals surface area contributed by atoms with E-state index in [9.17, 15) is 62.3 Å². The van der Waals surface area contributed by atoms with Crippen LogP contribution in [0, 0.1) is 27.6 Å². The van der Waals surface area contributed by atoms with Gasteiger partial charge in [0.25, 0.3) is 0 Å². The van der Waals surface area contributed by atoms with Crippen LogP contribution in [0.4, 0.5) is 9.59 Å². The maximum Gasteiger partial charge on any atom is 0.407 e. The van der Waals surface area contributed by atoms with Crippen molar-refractivity contribution in [3.05, 3.63) is 71.3 Å². The molecule has 2 aromatic rings. The standard InChI is InChI=1S/C23H43NO6.C22H34N2O5.C22H30O8.C15H26O7/c1-6-9-13-19(7-2)18-30-20(25)14-11-10-12-16-29-22(27)24-15-17-28-21(26)23(4,5)8-3;1-4-22(2,3)20(26)23-14-15-24-21(27)28-16-10-6-9-13-19(25)29-17-18-11-7-5-8-12-18;1-4-22(2,3)21(27)30-15-14-29-20(26)17-11-8-7-10-16(17)19(25)28-13-9-5-6-12-18(23)24;1-4-15(2,3)14(19)22-11-10-21-13(18)7-9-20-8-5-6-12(16)17/h19H,6-18H2,1-5H3,(H,24,27);5,7-8,11-12H,4,6,9-10,13-17H2,1-3H3,(H,23,26)(H,24,27);7-8,10-11H,4-6,9,12-15H2,1-3H3,(H,23,24);4-11H2,1-3H3,(H,16,17). The number of aliphatic carboxylic acids is 2. The molecule has 0 saturated heterocycles. The third-order valence-electron chi connectivity index (χ3n) is 17.8. The smallest absolute Gasteiger partial charge is 0.407 e. The molecule has 111 heavy (non-hydrogen) atoms. The molecule has 2 rings (SSSR count). The van der Waals surface area contributed by atoms with Gasteiger partial charge in [0, 0.05) is 50.8 Å². The largest absolute Gasteiger partial charge is 0.481 e. The highest BCUT2D eigenvalue weighted by atomic mass is 16.6. The molecule has 0 heterocycles. The summed E-state index contributed by atoms with van der Waals surface area (Å²) in [7, 11) is 0. The zero-order valence-corrected chi connectivity index (χ0v) is 68.8. The second-order valence-corrected chi connectivity index (χ2v) is 28.7. The summed E-state index contributed by atoms with van der Waals surface area (Å²) in [5, 5.41) is 24.9. The Labute approximate surface area is 658 Å². The van der Waals surface area contributed by atoms with Crippen LogP contribution in [0.1, 0.15) is 271 Å². The predicted octanol–water partition coefficient (Wildman–Crippen LogP) is 14.0.